The van der Waals surface area contributed by atoms with Crippen molar-refractivity contribution < 1.29 is 4.79 Å². The van der Waals surface area contributed by atoms with Crippen molar-refractivity contribution >= 4 is 11.7 Å². The third kappa shape index (κ3) is 3.80. The highest BCUT2D eigenvalue weighted by molar-refractivity contribution is 5.79. The second-order valence-electron chi connectivity index (χ2n) is 7.37. The molecule has 7 nitrogen and oxygen atoms in total. The Balaban J connectivity index is 1.72. The summed E-state index contributed by atoms with van der Waals surface area (Å²) in [4.78, 5) is 38.8. The lowest BCUT2D eigenvalue weighted by molar-refractivity contribution is -0.126. The lowest BCUT2D eigenvalue weighted by Gasteiger charge is -2.35. The van der Waals surface area contributed by atoms with Crippen molar-refractivity contribution in [1.82, 2.24) is 14.5 Å². The fraction of sp³-hybridized carbons (Fsp3) is 0.722. The number of nitrogens with one attached hydrogen (secondary N) is 1. The summed E-state index contributed by atoms with van der Waals surface area (Å²) >= 11 is 0. The minimum atomic E-state index is -0.337. The first kappa shape index (κ1) is 17.8. The number of carbonyl (C=O) groups is 1. The molecular formula is C18H28N4O3. The smallest absolute Gasteiger partial charge is 0.332 e. The highest BCUT2D eigenvalue weighted by atomic mass is 16.2. The Morgan fingerprint density at radius 2 is 1.76 bits per heavy atom. The molecule has 1 aromatic heterocycles. The predicted octanol–water partition coefficient (Wildman–Crippen LogP) is 0.749. The van der Waals surface area contributed by atoms with E-state index in [0.717, 1.165) is 36.8 Å². The molecule has 1 aliphatic heterocycles. The van der Waals surface area contributed by atoms with E-state index in [9.17, 15) is 14.4 Å². The third-order valence-corrected chi connectivity index (χ3v) is 5.57. The van der Waals surface area contributed by atoms with E-state index in [4.69, 9.17) is 0 Å². The first-order valence-electron chi connectivity index (χ1n) is 9.29. The van der Waals surface area contributed by atoms with Crippen molar-refractivity contribution in [3.8, 4) is 0 Å². The van der Waals surface area contributed by atoms with Crippen LogP contribution < -0.4 is 21.5 Å². The van der Waals surface area contributed by atoms with E-state index in [-0.39, 0.29) is 23.1 Å². The summed E-state index contributed by atoms with van der Waals surface area (Å²) in [5.74, 6) is 0.628. The van der Waals surface area contributed by atoms with Gasteiger partial charge < -0.3 is 10.2 Å². The molecule has 0 aromatic carbocycles. The molecule has 3 rings (SSSR count). The van der Waals surface area contributed by atoms with Crippen LogP contribution in [0.5, 0.6) is 0 Å². The van der Waals surface area contributed by atoms with Gasteiger partial charge in [-0.1, -0.05) is 19.3 Å². The summed E-state index contributed by atoms with van der Waals surface area (Å²) in [6.07, 6.45) is 7.53. The molecule has 1 aromatic rings. The molecule has 0 unspecified atom stereocenters. The summed E-state index contributed by atoms with van der Waals surface area (Å²) in [5, 5.41) is 3.21. The summed E-state index contributed by atoms with van der Waals surface area (Å²) in [5.41, 5.74) is -0.650. The lowest BCUT2D eigenvalue weighted by atomic mass is 9.93. The number of carbonyl (C=O) groups excluding carboxylic acids is 1. The maximum atomic E-state index is 12.6. The molecule has 25 heavy (non-hydrogen) atoms. The lowest BCUT2D eigenvalue weighted by Crippen LogP contribution is -2.48. The molecule has 2 heterocycles. The second-order valence-corrected chi connectivity index (χ2v) is 7.37. The molecule has 1 saturated carbocycles. The van der Waals surface area contributed by atoms with Crippen LogP contribution in [-0.4, -0.2) is 34.2 Å². The van der Waals surface area contributed by atoms with E-state index in [1.807, 2.05) is 4.90 Å². The Hall–Kier alpha value is -2.05. The van der Waals surface area contributed by atoms with E-state index in [1.165, 1.54) is 36.9 Å². The molecule has 7 heteroatoms. The molecule has 1 amide bonds. The van der Waals surface area contributed by atoms with Gasteiger partial charge in [0, 0.05) is 39.3 Å². The quantitative estimate of drug-likeness (QED) is 0.874. The maximum absolute atomic E-state index is 12.6. The van der Waals surface area contributed by atoms with Crippen LogP contribution in [-0.2, 0) is 18.9 Å². The van der Waals surface area contributed by atoms with Crippen LogP contribution in [0.15, 0.2) is 15.7 Å². The first-order chi connectivity index (χ1) is 12.0. The number of hydrogen-bond acceptors (Lipinski definition) is 4. The van der Waals surface area contributed by atoms with Gasteiger partial charge in [0.25, 0.3) is 5.56 Å². The van der Waals surface area contributed by atoms with Crippen LogP contribution in [0.1, 0.15) is 44.9 Å². The van der Waals surface area contributed by atoms with E-state index in [1.54, 1.807) is 7.05 Å². The fourth-order valence-electron chi connectivity index (χ4n) is 3.99. The highest BCUT2D eigenvalue weighted by Crippen LogP contribution is 2.23. The van der Waals surface area contributed by atoms with Crippen LogP contribution in [0.2, 0.25) is 0 Å². The molecule has 2 aliphatic rings. The Morgan fingerprint density at radius 3 is 2.48 bits per heavy atom. The van der Waals surface area contributed by atoms with E-state index < -0.39 is 0 Å². The largest absolute Gasteiger partial charge is 0.357 e. The van der Waals surface area contributed by atoms with Crippen molar-refractivity contribution in [2.75, 3.05) is 18.0 Å². The van der Waals surface area contributed by atoms with Gasteiger partial charge in [0.05, 0.1) is 5.92 Å². The minimum absolute atomic E-state index is 0.0881. The zero-order chi connectivity index (χ0) is 18.0. The van der Waals surface area contributed by atoms with Gasteiger partial charge in [-0.05, 0) is 25.7 Å². The second kappa shape index (κ2) is 7.45. The third-order valence-electron chi connectivity index (χ3n) is 5.57. The number of anilines is 1. The molecule has 2 fully saturated rings. The number of nitrogens with zero attached hydrogens (tertiary/aromatic N) is 3. The Labute approximate surface area is 147 Å². The monoisotopic (exact) mass is 348 g/mol. The van der Waals surface area contributed by atoms with Crippen LogP contribution in [0.3, 0.4) is 0 Å². The minimum Gasteiger partial charge on any atom is -0.357 e. The van der Waals surface area contributed by atoms with Gasteiger partial charge in [0.1, 0.15) is 5.82 Å². The molecule has 1 saturated heterocycles. The molecule has 1 N–H and O–H groups in total. The van der Waals surface area contributed by atoms with Gasteiger partial charge in [-0.3, -0.25) is 18.7 Å². The Kier molecular flexibility index (Phi) is 5.30. The molecule has 1 atom stereocenters. The maximum Gasteiger partial charge on any atom is 0.332 e. The Morgan fingerprint density at radius 1 is 1.04 bits per heavy atom. The van der Waals surface area contributed by atoms with Gasteiger partial charge in [0.2, 0.25) is 5.91 Å². The standard InChI is InChI=1S/C18H28N4O3/c1-20-15(11-16(23)21(2)18(20)25)22-10-6-7-13(12-22)17(24)19-14-8-4-3-5-9-14/h11,13-14H,3-10,12H2,1-2H3,(H,19,24)/t13-/m1/s1. The predicted molar refractivity (Wildman–Crippen MR) is 96.9 cm³/mol. The van der Waals surface area contributed by atoms with Crippen LogP contribution in [0.25, 0.3) is 0 Å². The molecular weight excluding hydrogens is 320 g/mol. The number of hydrogen-bond donors (Lipinski definition) is 1. The summed E-state index contributed by atoms with van der Waals surface area (Å²) in [7, 11) is 3.15. The van der Waals surface area contributed by atoms with Gasteiger partial charge in [-0.15, -0.1) is 0 Å². The normalized spacial score (nSPS) is 22.0. The number of amides is 1. The zero-order valence-electron chi connectivity index (χ0n) is 15.2. The summed E-state index contributed by atoms with van der Waals surface area (Å²) < 4.78 is 2.59. The van der Waals surface area contributed by atoms with Gasteiger partial charge in [-0.2, -0.15) is 0 Å². The van der Waals surface area contributed by atoms with Crippen molar-refractivity contribution in [2.24, 2.45) is 20.0 Å². The van der Waals surface area contributed by atoms with E-state index >= 15 is 0 Å². The number of piperidine rings is 1. The Bertz CT molecular complexity index is 746. The van der Waals surface area contributed by atoms with Crippen molar-refractivity contribution in [3.05, 3.63) is 26.9 Å². The first-order valence-corrected chi connectivity index (χ1v) is 9.29. The fourth-order valence-corrected chi connectivity index (χ4v) is 3.99. The number of rotatable bonds is 3. The van der Waals surface area contributed by atoms with Crippen molar-refractivity contribution in [1.29, 1.82) is 0 Å². The van der Waals surface area contributed by atoms with E-state index in [0.29, 0.717) is 18.4 Å². The molecule has 0 bridgehead atoms. The topological polar surface area (TPSA) is 76.3 Å². The van der Waals surface area contributed by atoms with Gasteiger partial charge in [0.15, 0.2) is 0 Å². The molecule has 0 radical (unpaired) electrons. The van der Waals surface area contributed by atoms with Crippen LogP contribution >= 0.6 is 0 Å². The summed E-state index contributed by atoms with van der Waals surface area (Å²) in [6, 6.07) is 1.80. The van der Waals surface area contributed by atoms with Crippen LogP contribution in [0, 0.1) is 5.92 Å². The van der Waals surface area contributed by atoms with Gasteiger partial charge in [-0.25, -0.2) is 4.79 Å². The van der Waals surface area contributed by atoms with Crippen molar-refractivity contribution in [3.63, 3.8) is 0 Å². The summed E-state index contributed by atoms with van der Waals surface area (Å²) in [6.45, 7) is 1.31. The van der Waals surface area contributed by atoms with Crippen molar-refractivity contribution in [2.45, 2.75) is 51.0 Å². The molecule has 1 aliphatic carbocycles. The average molecular weight is 348 g/mol. The average Bonchev–Trinajstić information content (AvgIpc) is 2.64. The zero-order valence-corrected chi connectivity index (χ0v) is 15.2. The highest BCUT2D eigenvalue weighted by Gasteiger charge is 2.29. The molecule has 0 spiro atoms. The SMILES string of the molecule is Cn1c(N2CCC[C@@H](C(=O)NC3CCCCC3)C2)cc(=O)n(C)c1=O. The number of aromatic nitrogens is 2. The molecule has 138 valence electrons. The van der Waals surface area contributed by atoms with Gasteiger partial charge >= 0.3 is 5.69 Å². The van der Waals surface area contributed by atoms with E-state index in [2.05, 4.69) is 5.32 Å². The van der Waals surface area contributed by atoms with Crippen LogP contribution in [0.4, 0.5) is 5.82 Å².